The summed E-state index contributed by atoms with van der Waals surface area (Å²) in [6.45, 7) is 0. The molecule has 1 amide bonds. The molecule has 0 aromatic heterocycles. The zero-order valence-electron chi connectivity index (χ0n) is 11.4. The predicted octanol–water partition coefficient (Wildman–Crippen LogP) is 2.48. The van der Waals surface area contributed by atoms with Gasteiger partial charge in [0.2, 0.25) is 5.91 Å². The van der Waals surface area contributed by atoms with Crippen LogP contribution < -0.4 is 5.32 Å². The maximum absolute atomic E-state index is 12.2. The Morgan fingerprint density at radius 1 is 0.909 bits per heavy atom. The van der Waals surface area contributed by atoms with Crippen molar-refractivity contribution in [2.24, 2.45) is 0 Å². The van der Waals surface area contributed by atoms with E-state index < -0.39 is 11.9 Å². The van der Waals surface area contributed by atoms with Gasteiger partial charge in [0.05, 0.1) is 0 Å². The molecule has 0 heterocycles. The Kier molecular flexibility index (Phi) is 3.31. The number of amides is 1. The van der Waals surface area contributed by atoms with Crippen LogP contribution in [0.2, 0.25) is 0 Å². The average Bonchev–Trinajstić information content (AvgIpc) is 2.79. The maximum atomic E-state index is 12.2. The third kappa shape index (κ3) is 2.40. The number of carbonyl (C=O) groups excluding carboxylic acids is 2. The van der Waals surface area contributed by atoms with E-state index in [0.717, 1.165) is 23.3 Å². The van der Waals surface area contributed by atoms with Crippen LogP contribution in [0.1, 0.15) is 15.9 Å². The van der Waals surface area contributed by atoms with Crippen molar-refractivity contribution in [3.8, 4) is 11.1 Å². The van der Waals surface area contributed by atoms with E-state index >= 15 is 0 Å². The van der Waals surface area contributed by atoms with Gasteiger partial charge in [-0.1, -0.05) is 24.3 Å². The molecule has 0 fully saturated rings. The second-order valence-corrected chi connectivity index (χ2v) is 4.80. The van der Waals surface area contributed by atoms with E-state index in [9.17, 15) is 14.4 Å². The van der Waals surface area contributed by atoms with Gasteiger partial charge in [0.15, 0.2) is 5.78 Å². The van der Waals surface area contributed by atoms with Crippen LogP contribution in [0.5, 0.6) is 0 Å². The number of ketones is 1. The number of carboxylic acids is 1. The number of carboxylic acid groups (broad SMARTS) is 1. The minimum atomic E-state index is -1.19. The number of benzene rings is 2. The van der Waals surface area contributed by atoms with Crippen LogP contribution in [-0.4, -0.2) is 22.8 Å². The average molecular weight is 293 g/mol. The summed E-state index contributed by atoms with van der Waals surface area (Å²) in [4.78, 5) is 34.2. The lowest BCUT2D eigenvalue weighted by atomic mass is 10.1. The summed E-state index contributed by atoms with van der Waals surface area (Å²) in [6, 6.07) is 12.3. The molecule has 2 aromatic rings. The first-order valence-electron chi connectivity index (χ1n) is 6.56. The van der Waals surface area contributed by atoms with Gasteiger partial charge >= 0.3 is 5.97 Å². The molecule has 1 aliphatic carbocycles. The first-order valence-corrected chi connectivity index (χ1v) is 6.56. The molecule has 0 aliphatic heterocycles. The third-order valence-corrected chi connectivity index (χ3v) is 3.37. The van der Waals surface area contributed by atoms with Crippen LogP contribution in [0.3, 0.4) is 0 Å². The summed E-state index contributed by atoms with van der Waals surface area (Å²) >= 11 is 0. The normalized spacial score (nSPS) is 12.1. The molecular weight excluding hydrogens is 282 g/mol. The molecule has 0 radical (unpaired) electrons. The number of fused-ring (bicyclic) bond motifs is 3. The summed E-state index contributed by atoms with van der Waals surface area (Å²) in [5.41, 5.74) is 3.34. The van der Waals surface area contributed by atoms with Crippen LogP contribution in [0, 0.1) is 0 Å². The van der Waals surface area contributed by atoms with E-state index in [0.29, 0.717) is 16.8 Å². The van der Waals surface area contributed by atoms with E-state index in [4.69, 9.17) is 5.11 Å². The molecular formula is C17H11NO4. The van der Waals surface area contributed by atoms with Gasteiger partial charge in [-0.05, 0) is 29.3 Å². The fourth-order valence-electron chi connectivity index (χ4n) is 2.43. The van der Waals surface area contributed by atoms with Crippen molar-refractivity contribution in [3.05, 3.63) is 65.7 Å². The molecule has 5 nitrogen and oxygen atoms in total. The van der Waals surface area contributed by atoms with E-state index in [2.05, 4.69) is 5.32 Å². The molecule has 1 aliphatic rings. The van der Waals surface area contributed by atoms with E-state index in [1.165, 1.54) is 0 Å². The van der Waals surface area contributed by atoms with E-state index in [1.807, 2.05) is 18.2 Å². The summed E-state index contributed by atoms with van der Waals surface area (Å²) in [7, 11) is 0. The Labute approximate surface area is 125 Å². The first-order chi connectivity index (χ1) is 10.6. The summed E-state index contributed by atoms with van der Waals surface area (Å²) in [5.74, 6) is -1.77. The predicted molar refractivity (Wildman–Crippen MR) is 80.7 cm³/mol. The third-order valence-electron chi connectivity index (χ3n) is 3.37. The topological polar surface area (TPSA) is 83.5 Å². The molecule has 108 valence electrons. The number of anilines is 1. The lowest BCUT2D eigenvalue weighted by Crippen LogP contribution is -2.08. The van der Waals surface area contributed by atoms with Gasteiger partial charge in [0.25, 0.3) is 0 Å². The number of rotatable bonds is 3. The SMILES string of the molecule is O=C(O)C=CC(=O)Nc1ccc2c(c1)-c1ccccc1C2=O. The highest BCUT2D eigenvalue weighted by Crippen LogP contribution is 2.37. The van der Waals surface area contributed by atoms with Crippen LogP contribution in [0.15, 0.2) is 54.6 Å². The van der Waals surface area contributed by atoms with Crippen molar-refractivity contribution in [1.82, 2.24) is 0 Å². The zero-order chi connectivity index (χ0) is 15.7. The lowest BCUT2D eigenvalue weighted by Gasteiger charge is -2.05. The van der Waals surface area contributed by atoms with Gasteiger partial charge in [-0.2, -0.15) is 0 Å². The molecule has 2 N–H and O–H groups in total. The molecule has 0 unspecified atom stereocenters. The van der Waals surface area contributed by atoms with Crippen molar-refractivity contribution in [1.29, 1.82) is 0 Å². The Hall–Kier alpha value is -3.21. The van der Waals surface area contributed by atoms with E-state index in [1.54, 1.807) is 24.3 Å². The molecule has 0 saturated carbocycles. The molecule has 0 saturated heterocycles. The Morgan fingerprint density at radius 3 is 2.32 bits per heavy atom. The fourth-order valence-corrected chi connectivity index (χ4v) is 2.43. The highest BCUT2D eigenvalue weighted by atomic mass is 16.4. The zero-order valence-corrected chi connectivity index (χ0v) is 11.4. The van der Waals surface area contributed by atoms with Crippen molar-refractivity contribution >= 4 is 23.3 Å². The molecule has 3 rings (SSSR count). The fraction of sp³-hybridized carbons (Fsp3) is 0. The lowest BCUT2D eigenvalue weighted by molar-refractivity contribution is -0.131. The summed E-state index contributed by atoms with van der Waals surface area (Å²) in [5, 5.41) is 11.1. The Balaban J connectivity index is 1.92. The number of carbonyl (C=O) groups is 3. The summed E-state index contributed by atoms with van der Waals surface area (Å²) < 4.78 is 0. The smallest absolute Gasteiger partial charge is 0.328 e. The highest BCUT2D eigenvalue weighted by molar-refractivity contribution is 6.22. The van der Waals surface area contributed by atoms with Gasteiger partial charge in [-0.3, -0.25) is 9.59 Å². The van der Waals surface area contributed by atoms with Crippen LogP contribution in [0.25, 0.3) is 11.1 Å². The minimum Gasteiger partial charge on any atom is -0.478 e. The van der Waals surface area contributed by atoms with Crippen molar-refractivity contribution in [2.75, 3.05) is 5.32 Å². The number of hydrogen-bond donors (Lipinski definition) is 2. The van der Waals surface area contributed by atoms with Crippen LogP contribution >= 0.6 is 0 Å². The number of hydrogen-bond acceptors (Lipinski definition) is 3. The van der Waals surface area contributed by atoms with Gasteiger partial charge in [-0.25, -0.2) is 4.79 Å². The van der Waals surface area contributed by atoms with Crippen molar-refractivity contribution < 1.29 is 19.5 Å². The molecule has 5 heteroatoms. The molecule has 0 spiro atoms. The molecule has 2 aromatic carbocycles. The standard InChI is InChI=1S/C17H11NO4/c19-15(7-8-16(20)21)18-10-5-6-13-14(9-10)11-3-1-2-4-12(11)17(13)22/h1-9H,(H,18,19)(H,20,21). The monoisotopic (exact) mass is 293 g/mol. The molecule has 22 heavy (non-hydrogen) atoms. The van der Waals surface area contributed by atoms with Crippen molar-refractivity contribution in [2.45, 2.75) is 0 Å². The molecule has 0 bridgehead atoms. The first kappa shape index (κ1) is 13.8. The molecule has 0 atom stereocenters. The number of nitrogens with one attached hydrogen (secondary N) is 1. The van der Waals surface area contributed by atoms with Gasteiger partial charge in [0, 0.05) is 29.0 Å². The quantitative estimate of drug-likeness (QED) is 0.727. The number of aliphatic carboxylic acids is 1. The highest BCUT2D eigenvalue weighted by Gasteiger charge is 2.26. The van der Waals surface area contributed by atoms with Gasteiger partial charge < -0.3 is 10.4 Å². The maximum Gasteiger partial charge on any atom is 0.328 e. The summed E-state index contributed by atoms with van der Waals surface area (Å²) in [6.07, 6.45) is 1.70. The second-order valence-electron chi connectivity index (χ2n) is 4.80. The van der Waals surface area contributed by atoms with Gasteiger partial charge in [-0.15, -0.1) is 0 Å². The van der Waals surface area contributed by atoms with Crippen molar-refractivity contribution in [3.63, 3.8) is 0 Å². The second kappa shape index (κ2) is 5.29. The Bertz CT molecular complexity index is 836. The van der Waals surface area contributed by atoms with E-state index in [-0.39, 0.29) is 5.78 Å². The Morgan fingerprint density at radius 2 is 1.59 bits per heavy atom. The van der Waals surface area contributed by atoms with Gasteiger partial charge in [0.1, 0.15) is 0 Å². The van der Waals surface area contributed by atoms with Crippen LogP contribution in [-0.2, 0) is 9.59 Å². The minimum absolute atomic E-state index is 0.0331. The largest absolute Gasteiger partial charge is 0.478 e. The van der Waals surface area contributed by atoms with Crippen LogP contribution in [0.4, 0.5) is 5.69 Å².